The fraction of sp³-hybridized carbons (Fsp3) is 0.841. The fourth-order valence-corrected chi connectivity index (χ4v) is 9.13. The van der Waals surface area contributed by atoms with Gasteiger partial charge in [-0.2, -0.15) is 0 Å². The molecule has 404 valence electrons. The van der Waals surface area contributed by atoms with Crippen LogP contribution in [0.1, 0.15) is 316 Å². The first-order valence-corrected chi connectivity index (χ1v) is 30.4. The van der Waals surface area contributed by atoms with E-state index < -0.39 is 12.1 Å². The molecule has 6 heteroatoms. The van der Waals surface area contributed by atoms with E-state index in [-0.39, 0.29) is 18.5 Å². The number of nitrogens with one attached hydrogen (secondary N) is 1. The molecule has 0 heterocycles. The summed E-state index contributed by atoms with van der Waals surface area (Å²) in [4.78, 5) is 24.5. The molecule has 6 nitrogen and oxygen atoms in total. The zero-order valence-corrected chi connectivity index (χ0v) is 46.0. The van der Waals surface area contributed by atoms with Crippen molar-refractivity contribution in [2.24, 2.45) is 0 Å². The molecule has 0 bridgehead atoms. The van der Waals surface area contributed by atoms with Gasteiger partial charge >= 0.3 is 5.97 Å². The van der Waals surface area contributed by atoms with Gasteiger partial charge in [0, 0.05) is 12.8 Å². The maximum Gasteiger partial charge on any atom is 0.305 e. The van der Waals surface area contributed by atoms with Crippen LogP contribution in [0.5, 0.6) is 0 Å². The predicted molar refractivity (Wildman–Crippen MR) is 301 cm³/mol. The topological polar surface area (TPSA) is 95.9 Å². The molecule has 0 aromatic rings. The molecule has 0 aliphatic rings. The standard InChI is InChI=1S/C63H117NO5/c1-3-5-7-9-11-13-15-17-19-21-24-27-31-35-39-43-47-51-55-61(66)60(59-65)64-62(67)56-52-48-44-40-36-32-28-25-22-26-30-34-38-42-46-50-54-58-69-63(68)57-53-49-45-41-37-33-29-23-20-18-16-14-12-10-8-6-4-2/h12,14,18,20,22,26,51,55,60-61,65-66H,3-11,13,15-17,19,21,23-25,27-50,52-54,56-59H2,1-2H3,(H,64,67)/b14-12-,20-18-,26-22-,55-51+. The normalized spacial score (nSPS) is 12.9. The third-order valence-corrected chi connectivity index (χ3v) is 13.8. The summed E-state index contributed by atoms with van der Waals surface area (Å²) >= 11 is 0. The number of rotatable bonds is 56. The van der Waals surface area contributed by atoms with Crippen molar-refractivity contribution in [3.63, 3.8) is 0 Å². The molecule has 1 amide bonds. The van der Waals surface area contributed by atoms with E-state index in [9.17, 15) is 19.8 Å². The Morgan fingerprint density at radius 2 is 0.725 bits per heavy atom. The van der Waals surface area contributed by atoms with E-state index in [4.69, 9.17) is 4.74 Å². The van der Waals surface area contributed by atoms with Crippen LogP contribution in [0.15, 0.2) is 48.6 Å². The van der Waals surface area contributed by atoms with Gasteiger partial charge in [0.2, 0.25) is 5.91 Å². The zero-order valence-electron chi connectivity index (χ0n) is 46.0. The van der Waals surface area contributed by atoms with E-state index in [1.54, 1.807) is 6.08 Å². The third-order valence-electron chi connectivity index (χ3n) is 13.8. The van der Waals surface area contributed by atoms with Crippen LogP contribution in [0.4, 0.5) is 0 Å². The quantitative estimate of drug-likeness (QED) is 0.0321. The molecule has 2 atom stereocenters. The van der Waals surface area contributed by atoms with Gasteiger partial charge in [0.15, 0.2) is 0 Å². The molecule has 0 radical (unpaired) electrons. The number of aliphatic hydroxyl groups excluding tert-OH is 2. The number of ether oxygens (including phenoxy) is 1. The number of carbonyl (C=O) groups is 2. The van der Waals surface area contributed by atoms with Crippen LogP contribution in [0.3, 0.4) is 0 Å². The number of allylic oxidation sites excluding steroid dienone is 7. The van der Waals surface area contributed by atoms with Gasteiger partial charge in [-0.1, -0.05) is 262 Å². The van der Waals surface area contributed by atoms with Gasteiger partial charge in [-0.25, -0.2) is 0 Å². The van der Waals surface area contributed by atoms with E-state index in [0.29, 0.717) is 19.4 Å². The first-order chi connectivity index (χ1) is 34.0. The summed E-state index contributed by atoms with van der Waals surface area (Å²) in [5, 5.41) is 23.2. The average Bonchev–Trinajstić information content (AvgIpc) is 3.35. The summed E-state index contributed by atoms with van der Waals surface area (Å²) < 4.78 is 5.47. The fourth-order valence-electron chi connectivity index (χ4n) is 9.13. The molecule has 0 saturated heterocycles. The summed E-state index contributed by atoms with van der Waals surface area (Å²) in [5.41, 5.74) is 0. The van der Waals surface area contributed by atoms with Crippen molar-refractivity contribution in [1.82, 2.24) is 5.32 Å². The van der Waals surface area contributed by atoms with Gasteiger partial charge < -0.3 is 20.3 Å². The molecule has 0 aromatic carbocycles. The van der Waals surface area contributed by atoms with E-state index in [0.717, 1.165) is 64.2 Å². The van der Waals surface area contributed by atoms with Crippen LogP contribution in [0, 0.1) is 0 Å². The molecule has 0 saturated carbocycles. The first-order valence-electron chi connectivity index (χ1n) is 30.4. The Kier molecular flexibility index (Phi) is 56.5. The lowest BCUT2D eigenvalue weighted by molar-refractivity contribution is -0.143. The van der Waals surface area contributed by atoms with Crippen molar-refractivity contribution >= 4 is 11.9 Å². The van der Waals surface area contributed by atoms with E-state index in [1.807, 2.05) is 6.08 Å². The molecule has 0 rings (SSSR count). The number of hydrogen-bond donors (Lipinski definition) is 3. The van der Waals surface area contributed by atoms with Crippen LogP contribution < -0.4 is 5.32 Å². The number of esters is 1. The second-order valence-corrected chi connectivity index (χ2v) is 20.7. The highest BCUT2D eigenvalue weighted by Crippen LogP contribution is 2.16. The summed E-state index contributed by atoms with van der Waals surface area (Å²) in [6.07, 6.45) is 74.2. The van der Waals surface area contributed by atoms with Crippen LogP contribution in [-0.2, 0) is 14.3 Å². The summed E-state index contributed by atoms with van der Waals surface area (Å²) in [7, 11) is 0. The van der Waals surface area contributed by atoms with Crippen molar-refractivity contribution in [2.45, 2.75) is 328 Å². The lowest BCUT2D eigenvalue weighted by atomic mass is 10.0. The number of aliphatic hydroxyl groups is 2. The third kappa shape index (κ3) is 55.0. The highest BCUT2D eigenvalue weighted by Gasteiger charge is 2.18. The molecule has 3 N–H and O–H groups in total. The second kappa shape index (κ2) is 58.4. The summed E-state index contributed by atoms with van der Waals surface area (Å²) in [6.45, 7) is 4.86. The highest BCUT2D eigenvalue weighted by atomic mass is 16.5. The Morgan fingerprint density at radius 1 is 0.406 bits per heavy atom. The SMILES string of the molecule is CCCCC/C=C\C/C=C\CCCCCCCCCC(=O)OCCCCCCCC/C=C\CCCCCCCCCC(=O)NC(CO)C(O)/C=C/CCCCCCCCCCCCCCCCCC. The lowest BCUT2D eigenvalue weighted by Crippen LogP contribution is -2.45. The monoisotopic (exact) mass is 968 g/mol. The van der Waals surface area contributed by atoms with Crippen LogP contribution in [0.2, 0.25) is 0 Å². The van der Waals surface area contributed by atoms with E-state index in [2.05, 4.69) is 55.6 Å². The highest BCUT2D eigenvalue weighted by molar-refractivity contribution is 5.76. The Bertz CT molecular complexity index is 1160. The molecular weight excluding hydrogens is 851 g/mol. The van der Waals surface area contributed by atoms with Crippen LogP contribution in [-0.4, -0.2) is 47.4 Å². The van der Waals surface area contributed by atoms with Crippen LogP contribution in [0.25, 0.3) is 0 Å². The van der Waals surface area contributed by atoms with Crippen molar-refractivity contribution < 1.29 is 24.5 Å². The van der Waals surface area contributed by atoms with Crippen molar-refractivity contribution in [3.05, 3.63) is 48.6 Å². The molecule has 0 aromatic heterocycles. The van der Waals surface area contributed by atoms with Gasteiger partial charge in [-0.05, 0) is 89.9 Å². The lowest BCUT2D eigenvalue weighted by Gasteiger charge is -2.20. The maximum atomic E-state index is 12.5. The number of amides is 1. The average molecular weight is 969 g/mol. The van der Waals surface area contributed by atoms with Crippen LogP contribution >= 0.6 is 0 Å². The Morgan fingerprint density at radius 3 is 1.14 bits per heavy atom. The van der Waals surface area contributed by atoms with Crippen molar-refractivity contribution in [1.29, 1.82) is 0 Å². The van der Waals surface area contributed by atoms with Crippen molar-refractivity contribution in [3.8, 4) is 0 Å². The number of carbonyl (C=O) groups excluding carboxylic acids is 2. The zero-order chi connectivity index (χ0) is 50.0. The smallest absolute Gasteiger partial charge is 0.305 e. The largest absolute Gasteiger partial charge is 0.466 e. The molecule has 69 heavy (non-hydrogen) atoms. The Labute approximate surface area is 429 Å². The minimum atomic E-state index is -0.854. The second-order valence-electron chi connectivity index (χ2n) is 20.7. The molecule has 0 aliphatic carbocycles. The van der Waals surface area contributed by atoms with E-state index >= 15 is 0 Å². The molecule has 2 unspecified atom stereocenters. The van der Waals surface area contributed by atoms with Gasteiger partial charge in [0.05, 0.1) is 25.4 Å². The van der Waals surface area contributed by atoms with Gasteiger partial charge in [-0.3, -0.25) is 9.59 Å². The molecule has 0 fully saturated rings. The van der Waals surface area contributed by atoms with Gasteiger partial charge in [0.25, 0.3) is 0 Å². The minimum Gasteiger partial charge on any atom is -0.466 e. The number of unbranched alkanes of at least 4 members (excludes halogenated alkanes) is 39. The van der Waals surface area contributed by atoms with Crippen molar-refractivity contribution in [2.75, 3.05) is 13.2 Å². The summed E-state index contributed by atoms with van der Waals surface area (Å²) in [6, 6.07) is -0.638. The molecular formula is C63H117NO5. The predicted octanol–water partition coefficient (Wildman–Crippen LogP) is 19.0. The molecule has 0 spiro atoms. The Hall–Kier alpha value is -2.18. The van der Waals surface area contributed by atoms with Gasteiger partial charge in [-0.15, -0.1) is 0 Å². The number of hydrogen-bond acceptors (Lipinski definition) is 5. The van der Waals surface area contributed by atoms with Gasteiger partial charge in [0.1, 0.15) is 0 Å². The first kappa shape index (κ1) is 66.8. The Balaban J connectivity index is 3.49. The minimum absolute atomic E-state index is 0.0107. The molecule has 0 aliphatic heterocycles. The maximum absolute atomic E-state index is 12.5. The summed E-state index contributed by atoms with van der Waals surface area (Å²) in [5.74, 6) is -0.0899. The van der Waals surface area contributed by atoms with E-state index in [1.165, 1.54) is 225 Å².